The first-order valence-corrected chi connectivity index (χ1v) is 9.10. The van der Waals surface area contributed by atoms with Gasteiger partial charge in [-0.25, -0.2) is 9.59 Å². The first-order chi connectivity index (χ1) is 11.9. The van der Waals surface area contributed by atoms with Gasteiger partial charge in [-0.3, -0.25) is 4.79 Å². The van der Waals surface area contributed by atoms with Crippen molar-refractivity contribution in [2.75, 3.05) is 25.5 Å². The van der Waals surface area contributed by atoms with E-state index in [1.165, 1.54) is 40.9 Å². The van der Waals surface area contributed by atoms with Crippen LogP contribution in [0.2, 0.25) is 10.0 Å². The minimum Gasteiger partial charge on any atom is -0.463 e. The predicted molar refractivity (Wildman–Crippen MR) is 95.6 cm³/mol. The Bertz CT molecular complexity index is 722. The summed E-state index contributed by atoms with van der Waals surface area (Å²) in [5, 5.41) is 1.07. The van der Waals surface area contributed by atoms with Gasteiger partial charge in [-0.1, -0.05) is 35.0 Å². The molecule has 1 aliphatic heterocycles. The molecule has 0 N–H and O–H groups in total. The third-order valence-electron chi connectivity index (χ3n) is 3.14. The maximum atomic E-state index is 12.0. The average molecular weight is 404 g/mol. The number of ether oxygens (including phenoxy) is 2. The smallest absolute Gasteiger partial charge is 0.338 e. The van der Waals surface area contributed by atoms with Crippen LogP contribution in [0.3, 0.4) is 0 Å². The summed E-state index contributed by atoms with van der Waals surface area (Å²) in [4.78, 5) is 36.8. The first-order valence-electron chi connectivity index (χ1n) is 7.36. The molecule has 134 valence electrons. The maximum absolute atomic E-state index is 12.0. The number of esters is 2. The third kappa shape index (κ3) is 5.39. The van der Waals surface area contributed by atoms with Crippen molar-refractivity contribution in [3.05, 3.63) is 44.9 Å². The van der Waals surface area contributed by atoms with E-state index in [2.05, 4.69) is 0 Å². The van der Waals surface area contributed by atoms with Crippen LogP contribution in [0.1, 0.15) is 17.3 Å². The highest BCUT2D eigenvalue weighted by Crippen LogP contribution is 2.28. The quantitative estimate of drug-likeness (QED) is 0.536. The molecule has 1 aromatic rings. The Morgan fingerprint density at radius 1 is 1.28 bits per heavy atom. The van der Waals surface area contributed by atoms with Gasteiger partial charge in [-0.05, 0) is 25.1 Å². The van der Waals surface area contributed by atoms with Gasteiger partial charge in [0.1, 0.15) is 6.61 Å². The molecule has 9 heteroatoms. The molecule has 0 atom stereocenters. The number of hydrogen-bond acceptors (Lipinski definition) is 6. The lowest BCUT2D eigenvalue weighted by atomic mass is 10.2. The van der Waals surface area contributed by atoms with Crippen LogP contribution >= 0.6 is 35.0 Å². The molecule has 2 rings (SSSR count). The van der Waals surface area contributed by atoms with Crippen molar-refractivity contribution in [1.82, 2.24) is 4.90 Å². The number of thioether (sulfide) groups is 1. The molecule has 1 aliphatic rings. The zero-order valence-corrected chi connectivity index (χ0v) is 15.6. The number of nitrogens with zero attached hydrogens (tertiary/aromatic N) is 1. The van der Waals surface area contributed by atoms with E-state index in [0.717, 1.165) is 0 Å². The van der Waals surface area contributed by atoms with E-state index in [4.69, 9.17) is 32.7 Å². The van der Waals surface area contributed by atoms with Crippen molar-refractivity contribution in [2.45, 2.75) is 6.92 Å². The van der Waals surface area contributed by atoms with Gasteiger partial charge < -0.3 is 14.4 Å². The fraction of sp³-hybridized carbons (Fsp3) is 0.312. The lowest BCUT2D eigenvalue weighted by Crippen LogP contribution is -2.29. The zero-order chi connectivity index (χ0) is 18.4. The fourth-order valence-electron chi connectivity index (χ4n) is 1.99. The van der Waals surface area contributed by atoms with Gasteiger partial charge in [-0.2, -0.15) is 0 Å². The normalized spacial score (nSPS) is 15.6. The molecule has 6 nitrogen and oxygen atoms in total. The Morgan fingerprint density at radius 2 is 2.04 bits per heavy atom. The molecule has 1 aromatic carbocycles. The molecule has 0 bridgehead atoms. The number of amides is 1. The monoisotopic (exact) mass is 403 g/mol. The Kier molecular flexibility index (Phi) is 7.16. The van der Waals surface area contributed by atoms with Crippen LogP contribution in [0.4, 0.5) is 0 Å². The molecule has 1 amide bonds. The summed E-state index contributed by atoms with van der Waals surface area (Å²) in [6, 6.07) is 4.41. The summed E-state index contributed by atoms with van der Waals surface area (Å²) in [5.74, 6) is -1.02. The topological polar surface area (TPSA) is 72.9 Å². The van der Waals surface area contributed by atoms with Crippen molar-refractivity contribution in [1.29, 1.82) is 0 Å². The van der Waals surface area contributed by atoms with Crippen molar-refractivity contribution in [3.63, 3.8) is 0 Å². The van der Waals surface area contributed by atoms with E-state index in [-0.39, 0.29) is 42.0 Å². The number of benzene rings is 1. The number of rotatable bonds is 6. The molecule has 0 saturated carbocycles. The molecule has 0 aliphatic carbocycles. The fourth-order valence-corrected chi connectivity index (χ4v) is 3.24. The van der Waals surface area contributed by atoms with E-state index >= 15 is 0 Å². The summed E-state index contributed by atoms with van der Waals surface area (Å²) in [7, 11) is 0. The highest BCUT2D eigenvalue weighted by molar-refractivity contribution is 8.04. The first kappa shape index (κ1) is 19.6. The van der Waals surface area contributed by atoms with Gasteiger partial charge in [0.25, 0.3) is 0 Å². The predicted octanol–water partition coefficient (Wildman–Crippen LogP) is 3.13. The van der Waals surface area contributed by atoms with Crippen LogP contribution in [0, 0.1) is 0 Å². The molecule has 0 radical (unpaired) electrons. The number of carbonyl (C=O) groups is 3. The van der Waals surface area contributed by atoms with E-state index in [9.17, 15) is 14.4 Å². The van der Waals surface area contributed by atoms with Crippen LogP contribution < -0.4 is 0 Å². The summed E-state index contributed by atoms with van der Waals surface area (Å²) in [6.07, 6.45) is 1.26. The number of carbonyl (C=O) groups excluding carboxylic acids is 3. The molecule has 0 unspecified atom stereocenters. The summed E-state index contributed by atoms with van der Waals surface area (Å²) < 4.78 is 9.98. The van der Waals surface area contributed by atoms with E-state index < -0.39 is 11.9 Å². The number of halogens is 2. The summed E-state index contributed by atoms with van der Waals surface area (Å²) in [5.41, 5.74) is 0.263. The van der Waals surface area contributed by atoms with Crippen LogP contribution in [0.5, 0.6) is 0 Å². The largest absolute Gasteiger partial charge is 0.463 e. The lowest BCUT2D eigenvalue weighted by Gasteiger charge is -2.16. The van der Waals surface area contributed by atoms with Crippen LogP contribution in [0.15, 0.2) is 29.3 Å². The second kappa shape index (κ2) is 9.12. The van der Waals surface area contributed by atoms with Crippen molar-refractivity contribution in [3.8, 4) is 0 Å². The molecular weight excluding hydrogens is 389 g/mol. The van der Waals surface area contributed by atoms with Crippen molar-refractivity contribution >= 4 is 52.8 Å². The zero-order valence-electron chi connectivity index (χ0n) is 13.3. The van der Waals surface area contributed by atoms with Crippen molar-refractivity contribution < 1.29 is 23.9 Å². The van der Waals surface area contributed by atoms with Crippen LogP contribution in [-0.2, 0) is 19.1 Å². The highest BCUT2D eigenvalue weighted by Gasteiger charge is 2.27. The Morgan fingerprint density at radius 3 is 2.72 bits per heavy atom. The molecule has 25 heavy (non-hydrogen) atoms. The van der Waals surface area contributed by atoms with Gasteiger partial charge in [0, 0.05) is 0 Å². The van der Waals surface area contributed by atoms with E-state index in [1.54, 1.807) is 6.92 Å². The van der Waals surface area contributed by atoms with Gasteiger partial charge in [0.15, 0.2) is 0 Å². The number of hydrogen-bond donors (Lipinski definition) is 0. The highest BCUT2D eigenvalue weighted by atomic mass is 35.5. The lowest BCUT2D eigenvalue weighted by molar-refractivity contribution is -0.137. The molecule has 1 heterocycles. The van der Waals surface area contributed by atoms with Crippen LogP contribution in [0.25, 0.3) is 0 Å². The average Bonchev–Trinajstić information content (AvgIpc) is 2.90. The van der Waals surface area contributed by atoms with Crippen LogP contribution in [-0.4, -0.2) is 48.3 Å². The van der Waals surface area contributed by atoms with E-state index in [1.807, 2.05) is 0 Å². The maximum Gasteiger partial charge on any atom is 0.338 e. The second-order valence-corrected chi connectivity index (χ2v) is 6.64. The SMILES string of the molecule is CCOC(=O)/C=C1\SCC(=O)N1CCOC(=O)c1ccc(Cl)c(Cl)c1. The minimum atomic E-state index is -0.575. The minimum absolute atomic E-state index is 0.0223. The molecule has 0 spiro atoms. The summed E-state index contributed by atoms with van der Waals surface area (Å²) in [6.45, 7) is 2.07. The van der Waals surface area contributed by atoms with Gasteiger partial charge in [0.05, 0.1) is 45.6 Å². The van der Waals surface area contributed by atoms with Gasteiger partial charge in [0.2, 0.25) is 5.91 Å². The Hall–Kier alpha value is -1.70. The van der Waals surface area contributed by atoms with Gasteiger partial charge in [-0.15, -0.1) is 0 Å². The molecule has 1 fully saturated rings. The summed E-state index contributed by atoms with van der Waals surface area (Å²) >= 11 is 12.9. The Balaban J connectivity index is 1.92. The molecule has 0 aromatic heterocycles. The second-order valence-electron chi connectivity index (χ2n) is 4.83. The standard InChI is InChI=1S/C16H15Cl2NO5S/c1-2-23-15(21)8-14-19(13(20)9-25-14)5-6-24-16(22)10-3-4-11(17)12(18)7-10/h3-4,7-8H,2,5-6,9H2,1H3/b14-8-. The molecular formula is C16H15Cl2NO5S. The van der Waals surface area contributed by atoms with Crippen molar-refractivity contribution in [2.24, 2.45) is 0 Å². The Labute approximate surface area is 159 Å². The van der Waals surface area contributed by atoms with Gasteiger partial charge >= 0.3 is 11.9 Å². The third-order valence-corrected chi connectivity index (χ3v) is 4.91. The van der Waals surface area contributed by atoms with E-state index in [0.29, 0.717) is 10.1 Å². The molecule has 1 saturated heterocycles.